The molecule has 25 heavy (non-hydrogen) atoms. The van der Waals surface area contributed by atoms with Crippen molar-refractivity contribution >= 4 is 39.8 Å². The second kappa shape index (κ2) is 11.1. The summed E-state index contributed by atoms with van der Waals surface area (Å²) in [5.74, 6) is -1.19. The molecule has 0 aliphatic carbocycles. The Morgan fingerprint density at radius 2 is 1.76 bits per heavy atom. The minimum Gasteiger partial charge on any atom is -0.480 e. The molecule has 0 atom stereocenters. The predicted molar refractivity (Wildman–Crippen MR) is 99.0 cm³/mol. The molecule has 0 aliphatic heterocycles. The van der Waals surface area contributed by atoms with Gasteiger partial charge in [-0.15, -0.1) is 12.4 Å². The summed E-state index contributed by atoms with van der Waals surface area (Å²) in [6, 6.07) is 6.01. The second-order valence-electron chi connectivity index (χ2n) is 5.55. The number of hydrogen-bond acceptors (Lipinski definition) is 5. The van der Waals surface area contributed by atoms with E-state index >= 15 is 0 Å². The highest BCUT2D eigenvalue weighted by molar-refractivity contribution is 7.91. The average Bonchev–Trinajstić information content (AvgIpc) is 2.46. The number of carboxylic acids is 1. The third-order valence-corrected chi connectivity index (χ3v) is 5.14. The van der Waals surface area contributed by atoms with Crippen LogP contribution in [0.4, 0.5) is 5.69 Å². The summed E-state index contributed by atoms with van der Waals surface area (Å²) in [5.41, 5.74) is 0.539. The van der Waals surface area contributed by atoms with E-state index in [0.717, 1.165) is 6.42 Å². The predicted octanol–water partition coefficient (Wildman–Crippen LogP) is 2.03. The van der Waals surface area contributed by atoms with Crippen molar-refractivity contribution < 1.29 is 23.1 Å². The van der Waals surface area contributed by atoms with Crippen LogP contribution in [0.15, 0.2) is 29.2 Å². The van der Waals surface area contributed by atoms with E-state index in [0.29, 0.717) is 25.2 Å². The normalized spacial score (nSPS) is 11.0. The van der Waals surface area contributed by atoms with Crippen LogP contribution < -0.4 is 5.32 Å². The number of aliphatic carboxylic acids is 1. The molecule has 1 amide bonds. The van der Waals surface area contributed by atoms with E-state index in [1.54, 1.807) is 17.0 Å². The molecule has 0 saturated heterocycles. The number of hydrogen-bond donors (Lipinski definition) is 2. The van der Waals surface area contributed by atoms with Gasteiger partial charge < -0.3 is 10.4 Å². The standard InChI is InChI=1S/C16H24N2O5S.ClH/c1-3-9-18(12-16(20)21)10-4-11-24(22,23)15-7-5-14(6-8-15)17-13(2)19;/h5-8H,3-4,9-12H2,1-2H3,(H,17,19)(H,20,21);1H. The topological polar surface area (TPSA) is 104 Å². The van der Waals surface area contributed by atoms with E-state index in [2.05, 4.69) is 5.32 Å². The van der Waals surface area contributed by atoms with Crippen molar-refractivity contribution in [3.05, 3.63) is 24.3 Å². The van der Waals surface area contributed by atoms with Crippen molar-refractivity contribution in [1.82, 2.24) is 4.90 Å². The van der Waals surface area contributed by atoms with Crippen LogP contribution in [0.1, 0.15) is 26.7 Å². The Morgan fingerprint density at radius 3 is 2.24 bits per heavy atom. The van der Waals surface area contributed by atoms with Gasteiger partial charge in [-0.05, 0) is 50.2 Å². The van der Waals surface area contributed by atoms with Crippen LogP contribution in [0.2, 0.25) is 0 Å². The Hall–Kier alpha value is -1.64. The smallest absolute Gasteiger partial charge is 0.317 e. The van der Waals surface area contributed by atoms with Gasteiger partial charge >= 0.3 is 5.97 Å². The molecule has 0 saturated carbocycles. The van der Waals surface area contributed by atoms with Crippen molar-refractivity contribution in [2.45, 2.75) is 31.6 Å². The number of anilines is 1. The van der Waals surface area contributed by atoms with Crippen molar-refractivity contribution in [2.24, 2.45) is 0 Å². The largest absolute Gasteiger partial charge is 0.480 e. The van der Waals surface area contributed by atoms with Crippen molar-refractivity contribution in [3.8, 4) is 0 Å². The highest BCUT2D eigenvalue weighted by Gasteiger charge is 2.16. The van der Waals surface area contributed by atoms with Crippen LogP contribution in [0.5, 0.6) is 0 Å². The van der Waals surface area contributed by atoms with E-state index in [-0.39, 0.29) is 35.5 Å². The van der Waals surface area contributed by atoms with Gasteiger partial charge in [0.2, 0.25) is 5.91 Å². The molecule has 0 heterocycles. The Morgan fingerprint density at radius 1 is 1.16 bits per heavy atom. The summed E-state index contributed by atoms with van der Waals surface area (Å²) in [5, 5.41) is 11.4. The zero-order chi connectivity index (χ0) is 18.2. The molecular formula is C16H25ClN2O5S. The van der Waals surface area contributed by atoms with Gasteiger partial charge in [-0.3, -0.25) is 14.5 Å². The number of carbonyl (C=O) groups excluding carboxylic acids is 1. The van der Waals surface area contributed by atoms with Crippen molar-refractivity contribution in [1.29, 1.82) is 0 Å². The van der Waals surface area contributed by atoms with Gasteiger partial charge in [0.25, 0.3) is 0 Å². The summed E-state index contributed by atoms with van der Waals surface area (Å²) in [4.78, 5) is 23.7. The van der Waals surface area contributed by atoms with Crippen molar-refractivity contribution in [2.75, 3.05) is 30.7 Å². The zero-order valence-electron chi connectivity index (χ0n) is 14.4. The van der Waals surface area contributed by atoms with E-state index in [4.69, 9.17) is 5.11 Å². The number of amides is 1. The van der Waals surface area contributed by atoms with Crippen LogP contribution in [-0.4, -0.2) is 55.7 Å². The minimum atomic E-state index is -3.43. The highest BCUT2D eigenvalue weighted by Crippen LogP contribution is 2.16. The molecule has 0 spiro atoms. The molecule has 142 valence electrons. The average molecular weight is 393 g/mol. The monoisotopic (exact) mass is 392 g/mol. The van der Waals surface area contributed by atoms with Gasteiger partial charge in [-0.1, -0.05) is 6.92 Å². The minimum absolute atomic E-state index is 0. The van der Waals surface area contributed by atoms with Crippen LogP contribution in [0.25, 0.3) is 0 Å². The lowest BCUT2D eigenvalue weighted by Gasteiger charge is -2.19. The lowest BCUT2D eigenvalue weighted by molar-refractivity contribution is -0.138. The summed E-state index contributed by atoms with van der Waals surface area (Å²) in [6.07, 6.45) is 1.17. The van der Waals surface area contributed by atoms with Crippen LogP contribution in [0, 0.1) is 0 Å². The molecule has 7 nitrogen and oxygen atoms in total. The molecule has 1 rings (SSSR count). The molecule has 0 aromatic heterocycles. The molecule has 2 N–H and O–H groups in total. The fourth-order valence-corrected chi connectivity index (χ4v) is 3.62. The van der Waals surface area contributed by atoms with Crippen LogP contribution >= 0.6 is 12.4 Å². The fraction of sp³-hybridized carbons (Fsp3) is 0.500. The zero-order valence-corrected chi connectivity index (χ0v) is 16.0. The first-order valence-corrected chi connectivity index (χ1v) is 9.44. The maximum Gasteiger partial charge on any atom is 0.317 e. The van der Waals surface area contributed by atoms with E-state index in [1.807, 2.05) is 6.92 Å². The van der Waals surface area contributed by atoms with Crippen LogP contribution in [-0.2, 0) is 19.4 Å². The SMILES string of the molecule is CCCN(CCCS(=O)(=O)c1ccc(NC(C)=O)cc1)CC(=O)O.Cl. The molecule has 0 unspecified atom stereocenters. The summed E-state index contributed by atoms with van der Waals surface area (Å²) < 4.78 is 24.6. The molecule has 9 heteroatoms. The number of halogens is 1. The third kappa shape index (κ3) is 8.85. The number of nitrogens with zero attached hydrogens (tertiary/aromatic N) is 1. The van der Waals surface area contributed by atoms with Gasteiger partial charge in [-0.25, -0.2) is 8.42 Å². The first-order valence-electron chi connectivity index (χ1n) is 7.79. The molecule has 1 aromatic rings. The number of carbonyl (C=O) groups is 2. The Labute approximate surface area is 154 Å². The molecule has 0 fully saturated rings. The quantitative estimate of drug-likeness (QED) is 0.631. The van der Waals surface area contributed by atoms with E-state index in [9.17, 15) is 18.0 Å². The third-order valence-electron chi connectivity index (χ3n) is 3.32. The molecule has 0 aliphatic rings. The van der Waals surface area contributed by atoms with Gasteiger partial charge in [0.05, 0.1) is 17.2 Å². The summed E-state index contributed by atoms with van der Waals surface area (Å²) in [6.45, 7) is 4.28. The lowest BCUT2D eigenvalue weighted by Crippen LogP contribution is -2.32. The van der Waals surface area contributed by atoms with Crippen LogP contribution in [0.3, 0.4) is 0 Å². The maximum absolute atomic E-state index is 12.3. The van der Waals surface area contributed by atoms with Gasteiger partial charge in [-0.2, -0.15) is 0 Å². The molecule has 0 radical (unpaired) electrons. The number of carboxylic acid groups (broad SMARTS) is 1. The summed E-state index contributed by atoms with van der Waals surface area (Å²) >= 11 is 0. The molecular weight excluding hydrogens is 368 g/mol. The second-order valence-corrected chi connectivity index (χ2v) is 7.66. The van der Waals surface area contributed by atoms with E-state index < -0.39 is 15.8 Å². The van der Waals surface area contributed by atoms with Gasteiger partial charge in [0.1, 0.15) is 0 Å². The van der Waals surface area contributed by atoms with E-state index in [1.165, 1.54) is 19.1 Å². The molecule has 1 aromatic carbocycles. The fourth-order valence-electron chi connectivity index (χ4n) is 2.32. The Balaban J connectivity index is 0.00000576. The summed E-state index contributed by atoms with van der Waals surface area (Å²) in [7, 11) is -3.43. The maximum atomic E-state index is 12.3. The van der Waals surface area contributed by atoms with Gasteiger partial charge in [0, 0.05) is 12.6 Å². The number of sulfone groups is 1. The van der Waals surface area contributed by atoms with Crippen molar-refractivity contribution in [3.63, 3.8) is 0 Å². The first-order chi connectivity index (χ1) is 11.2. The Bertz CT molecular complexity index is 662. The number of rotatable bonds is 10. The molecule has 0 bridgehead atoms. The lowest BCUT2D eigenvalue weighted by atomic mass is 10.3. The Kier molecular flexibility index (Phi) is 10.3. The number of benzene rings is 1. The first kappa shape index (κ1) is 23.4. The van der Waals surface area contributed by atoms with Gasteiger partial charge in [0.15, 0.2) is 9.84 Å². The highest BCUT2D eigenvalue weighted by atomic mass is 35.5. The number of nitrogens with one attached hydrogen (secondary N) is 1.